The van der Waals surface area contributed by atoms with Gasteiger partial charge in [0.25, 0.3) is 0 Å². The van der Waals surface area contributed by atoms with Crippen LogP contribution in [-0.4, -0.2) is 67.8 Å². The van der Waals surface area contributed by atoms with Crippen molar-refractivity contribution in [2.24, 2.45) is 5.92 Å². The van der Waals surface area contributed by atoms with Gasteiger partial charge in [-0.15, -0.1) is 0 Å². The quantitative estimate of drug-likeness (QED) is 0.697. The summed E-state index contributed by atoms with van der Waals surface area (Å²) in [5, 5.41) is 1.88. The number of piperidine rings is 1. The van der Waals surface area contributed by atoms with Crippen LogP contribution < -0.4 is 5.32 Å². The highest BCUT2D eigenvalue weighted by molar-refractivity contribution is 7.89. The summed E-state index contributed by atoms with van der Waals surface area (Å²) in [4.78, 5) is 26.4. The van der Waals surface area contributed by atoms with E-state index in [2.05, 4.69) is 0 Å². The average molecular weight is 462 g/mol. The minimum Gasteiger partial charge on any atom is -0.344 e. The monoisotopic (exact) mass is 461 g/mol. The molecule has 0 spiro atoms. The van der Waals surface area contributed by atoms with Crippen LogP contribution in [0, 0.1) is 26.7 Å². The van der Waals surface area contributed by atoms with Gasteiger partial charge in [-0.2, -0.15) is 17.5 Å². The second-order valence-electron chi connectivity index (χ2n) is 8.19. The summed E-state index contributed by atoms with van der Waals surface area (Å²) in [6.07, 6.45) is -5.09. The van der Waals surface area contributed by atoms with Gasteiger partial charge in [-0.05, 0) is 44.7 Å². The molecule has 0 unspecified atom stereocenters. The van der Waals surface area contributed by atoms with Crippen LogP contribution in [0.1, 0.15) is 29.5 Å². The van der Waals surface area contributed by atoms with Crippen molar-refractivity contribution < 1.29 is 31.2 Å². The van der Waals surface area contributed by atoms with Crippen LogP contribution in [0.25, 0.3) is 0 Å². The summed E-state index contributed by atoms with van der Waals surface area (Å²) in [5.41, 5.74) is 2.26. The molecule has 2 aliphatic heterocycles. The number of carbonyl (C=O) groups is 2. The number of amides is 2. The Hall–Kier alpha value is -2.14. The summed E-state index contributed by atoms with van der Waals surface area (Å²) in [7, 11) is -3.76. The Bertz CT molecular complexity index is 963. The van der Waals surface area contributed by atoms with Crippen LogP contribution in [0.4, 0.5) is 13.2 Å². The normalized spacial score (nSPS) is 23.5. The van der Waals surface area contributed by atoms with Crippen molar-refractivity contribution in [3.05, 3.63) is 28.8 Å². The fourth-order valence-electron chi connectivity index (χ4n) is 4.36. The second kappa shape index (κ2) is 8.42. The molecule has 172 valence electrons. The number of hydrogen-bond acceptors (Lipinski definition) is 4. The third kappa shape index (κ3) is 4.72. The number of nitrogens with one attached hydrogen (secondary N) is 1. The fourth-order valence-corrected chi connectivity index (χ4v) is 6.20. The molecule has 2 heterocycles. The lowest BCUT2D eigenvalue weighted by molar-refractivity contribution is -0.172. The lowest BCUT2D eigenvalue weighted by Gasteiger charge is -2.37. The molecule has 1 aromatic carbocycles. The molecule has 0 aromatic heterocycles. The fraction of sp³-hybridized carbons (Fsp3) is 0.600. The summed E-state index contributed by atoms with van der Waals surface area (Å²) in [6.45, 7) is 5.63. The molecular weight excluding hydrogens is 435 g/mol. The summed E-state index contributed by atoms with van der Waals surface area (Å²) in [6, 6.07) is 1.66. The van der Waals surface area contributed by atoms with Crippen LogP contribution in [0.2, 0.25) is 0 Å². The van der Waals surface area contributed by atoms with Gasteiger partial charge in [-0.25, -0.2) is 8.42 Å². The molecule has 0 saturated carbocycles. The molecular formula is C20H26F3N3O4S. The van der Waals surface area contributed by atoms with Gasteiger partial charge in [0, 0.05) is 26.2 Å². The highest BCUT2D eigenvalue weighted by Gasteiger charge is 2.47. The smallest absolute Gasteiger partial charge is 0.344 e. The lowest BCUT2D eigenvalue weighted by Crippen LogP contribution is -2.57. The maximum Gasteiger partial charge on any atom is 0.408 e. The minimum absolute atomic E-state index is 0.0559. The predicted octanol–water partition coefficient (Wildman–Crippen LogP) is 1.90. The number of benzene rings is 1. The number of piperazine rings is 1. The molecule has 7 nitrogen and oxygen atoms in total. The molecule has 1 N–H and O–H groups in total. The van der Waals surface area contributed by atoms with E-state index >= 15 is 0 Å². The number of rotatable bonds is 3. The van der Waals surface area contributed by atoms with Crippen LogP contribution in [-0.2, 0) is 19.6 Å². The maximum atomic E-state index is 13.2. The zero-order valence-electron chi connectivity index (χ0n) is 17.6. The number of nitrogens with zero attached hydrogens (tertiary/aromatic N) is 2. The van der Waals surface area contributed by atoms with Crippen molar-refractivity contribution in [2.75, 3.05) is 26.2 Å². The van der Waals surface area contributed by atoms with Crippen molar-refractivity contribution in [3.63, 3.8) is 0 Å². The highest BCUT2D eigenvalue weighted by Crippen LogP contribution is 2.30. The third-order valence-electron chi connectivity index (χ3n) is 5.82. The van der Waals surface area contributed by atoms with Gasteiger partial charge in [0.15, 0.2) is 0 Å². The first kappa shape index (κ1) is 23.5. The van der Waals surface area contributed by atoms with Crippen molar-refractivity contribution in [1.82, 2.24) is 14.5 Å². The van der Waals surface area contributed by atoms with E-state index in [1.807, 2.05) is 12.2 Å². The van der Waals surface area contributed by atoms with E-state index < -0.39 is 40.0 Å². The molecule has 2 fully saturated rings. The molecule has 3 rings (SSSR count). The Balaban J connectivity index is 1.66. The maximum absolute atomic E-state index is 13.2. The van der Waals surface area contributed by atoms with Gasteiger partial charge >= 0.3 is 6.18 Å². The van der Waals surface area contributed by atoms with E-state index in [4.69, 9.17) is 0 Å². The molecule has 0 radical (unpaired) electrons. The SMILES string of the molecule is Cc1cc(C)c(S(=O)(=O)N2CCN(C(=O)[C@@H]3CC[C@@H](C(F)(F)F)NC3=O)CC2)c(C)c1. The minimum atomic E-state index is -4.55. The summed E-state index contributed by atoms with van der Waals surface area (Å²) in [5.74, 6) is -2.67. The molecule has 2 saturated heterocycles. The number of carbonyl (C=O) groups excluding carboxylic acids is 2. The van der Waals surface area contributed by atoms with E-state index in [0.29, 0.717) is 11.1 Å². The van der Waals surface area contributed by atoms with Gasteiger partial charge < -0.3 is 10.2 Å². The topological polar surface area (TPSA) is 86.8 Å². The highest BCUT2D eigenvalue weighted by atomic mass is 32.2. The van der Waals surface area contributed by atoms with Gasteiger partial charge in [0.05, 0.1) is 4.90 Å². The van der Waals surface area contributed by atoms with Gasteiger partial charge in [0.2, 0.25) is 21.8 Å². The van der Waals surface area contributed by atoms with E-state index in [9.17, 15) is 31.2 Å². The van der Waals surface area contributed by atoms with Crippen molar-refractivity contribution in [3.8, 4) is 0 Å². The zero-order chi connectivity index (χ0) is 23.1. The predicted molar refractivity (Wildman–Crippen MR) is 107 cm³/mol. The van der Waals surface area contributed by atoms with Crippen LogP contribution in [0.3, 0.4) is 0 Å². The number of halogens is 3. The Morgan fingerprint density at radius 3 is 2.06 bits per heavy atom. The average Bonchev–Trinajstić information content (AvgIpc) is 2.65. The molecule has 0 bridgehead atoms. The van der Waals surface area contributed by atoms with Gasteiger partial charge in [-0.1, -0.05) is 17.7 Å². The van der Waals surface area contributed by atoms with E-state index in [1.54, 1.807) is 26.0 Å². The second-order valence-corrected chi connectivity index (χ2v) is 10.1. The van der Waals surface area contributed by atoms with Crippen LogP contribution in [0.15, 0.2) is 17.0 Å². The number of hydrogen-bond donors (Lipinski definition) is 1. The van der Waals surface area contributed by atoms with Gasteiger partial charge in [-0.3, -0.25) is 9.59 Å². The Kier molecular flexibility index (Phi) is 6.39. The van der Waals surface area contributed by atoms with Crippen LogP contribution in [0.5, 0.6) is 0 Å². The first-order valence-electron chi connectivity index (χ1n) is 10.1. The Labute approximate surface area is 179 Å². The van der Waals surface area contributed by atoms with Crippen molar-refractivity contribution in [1.29, 1.82) is 0 Å². The molecule has 2 amide bonds. The molecule has 1 aromatic rings. The van der Waals surface area contributed by atoms with E-state index in [0.717, 1.165) is 5.56 Å². The van der Waals surface area contributed by atoms with Crippen LogP contribution >= 0.6 is 0 Å². The first-order chi connectivity index (χ1) is 14.3. The zero-order valence-corrected chi connectivity index (χ0v) is 18.4. The molecule has 2 atom stereocenters. The standard InChI is InChI=1S/C20H26F3N3O4S/c1-12-10-13(2)17(14(3)11-12)31(29,30)26-8-6-25(7-9-26)19(28)15-4-5-16(20(21,22)23)24-18(15)27/h10-11,15-16H,4-9H2,1-3H3,(H,24,27)/t15-,16+/m1/s1. The molecule has 31 heavy (non-hydrogen) atoms. The van der Waals surface area contributed by atoms with Gasteiger partial charge in [0.1, 0.15) is 12.0 Å². The van der Waals surface area contributed by atoms with Crippen molar-refractivity contribution in [2.45, 2.75) is 50.7 Å². The number of alkyl halides is 3. The first-order valence-corrected chi connectivity index (χ1v) is 11.5. The lowest BCUT2D eigenvalue weighted by atomic mass is 9.92. The summed E-state index contributed by atoms with van der Waals surface area (Å²) < 4.78 is 66.0. The molecule has 2 aliphatic rings. The Morgan fingerprint density at radius 2 is 1.58 bits per heavy atom. The van der Waals surface area contributed by atoms with Crippen molar-refractivity contribution >= 4 is 21.8 Å². The number of aryl methyl sites for hydroxylation is 3. The van der Waals surface area contributed by atoms with E-state index in [-0.39, 0.29) is 43.9 Å². The molecule has 0 aliphatic carbocycles. The largest absolute Gasteiger partial charge is 0.408 e. The molecule has 11 heteroatoms. The van der Waals surface area contributed by atoms with E-state index in [1.165, 1.54) is 9.21 Å². The Morgan fingerprint density at radius 1 is 1.03 bits per heavy atom. The number of sulfonamides is 1. The summed E-state index contributed by atoms with van der Waals surface area (Å²) >= 11 is 0. The third-order valence-corrected chi connectivity index (χ3v) is 8.03.